The van der Waals surface area contributed by atoms with Gasteiger partial charge in [0.1, 0.15) is 0 Å². The molecule has 0 aliphatic carbocycles. The molecule has 0 fully saturated rings. The summed E-state index contributed by atoms with van der Waals surface area (Å²) in [4.78, 5) is 8.30. The van der Waals surface area contributed by atoms with Crippen LogP contribution in [0.2, 0.25) is 0 Å². The molecule has 0 rings (SSSR count). The van der Waals surface area contributed by atoms with Crippen LogP contribution >= 0.6 is 0 Å². The molecule has 84 valence electrons. The van der Waals surface area contributed by atoms with Gasteiger partial charge in [0, 0.05) is 24.0 Å². The summed E-state index contributed by atoms with van der Waals surface area (Å²) in [6, 6.07) is 0. The van der Waals surface area contributed by atoms with Gasteiger partial charge in [-0.05, 0) is 6.42 Å². The van der Waals surface area contributed by atoms with Crippen LogP contribution in [-0.2, 0) is 0 Å². The first-order chi connectivity index (χ1) is 7.08. The lowest BCUT2D eigenvalue weighted by Gasteiger charge is -2.23. The molecule has 0 aromatic heterocycles. The topological polar surface area (TPSA) is 24.7 Å². The molecule has 0 unspecified atom stereocenters. The van der Waals surface area contributed by atoms with Crippen molar-refractivity contribution < 1.29 is 0 Å². The molecule has 0 aromatic rings. The van der Waals surface area contributed by atoms with Crippen LogP contribution in [0.25, 0.3) is 0 Å². The molecular formula is C13H22N2. The van der Waals surface area contributed by atoms with Gasteiger partial charge in [0.15, 0.2) is 0 Å². The first-order valence-corrected chi connectivity index (χ1v) is 5.41. The Morgan fingerprint density at radius 2 is 1.93 bits per heavy atom. The molecule has 0 heterocycles. The fraction of sp³-hybridized carbons (Fsp3) is 0.538. The van der Waals surface area contributed by atoms with Crippen LogP contribution in [-0.4, -0.2) is 11.9 Å². The van der Waals surface area contributed by atoms with Crippen LogP contribution in [0.5, 0.6) is 0 Å². The first-order valence-electron chi connectivity index (χ1n) is 5.41. The van der Waals surface area contributed by atoms with Gasteiger partial charge in [-0.15, -0.1) is 0 Å². The Labute approximate surface area is 93.5 Å². The van der Waals surface area contributed by atoms with E-state index in [9.17, 15) is 0 Å². The number of unbranched alkanes of at least 4 members (excludes halogenated alkanes) is 1. The zero-order chi connectivity index (χ0) is 11.7. The van der Waals surface area contributed by atoms with Crippen LogP contribution in [0.15, 0.2) is 35.5 Å². The van der Waals surface area contributed by atoms with Crippen molar-refractivity contribution in [3.8, 4) is 0 Å². The lowest BCUT2D eigenvalue weighted by molar-refractivity contribution is 0.458. The van der Waals surface area contributed by atoms with E-state index in [1.165, 1.54) is 19.0 Å². The molecule has 15 heavy (non-hydrogen) atoms. The lowest BCUT2D eigenvalue weighted by Crippen LogP contribution is -2.25. The largest absolute Gasteiger partial charge is 0.263 e. The van der Waals surface area contributed by atoms with Crippen molar-refractivity contribution in [3.63, 3.8) is 0 Å². The second-order valence-electron chi connectivity index (χ2n) is 4.15. The maximum atomic E-state index is 4.27. The van der Waals surface area contributed by atoms with Crippen molar-refractivity contribution in [2.24, 2.45) is 15.4 Å². The number of nitrogens with zero attached hydrogens (tertiary/aromatic N) is 2. The minimum absolute atomic E-state index is 0.0523. The monoisotopic (exact) mass is 206 g/mol. The number of hydrogen-bond donors (Lipinski definition) is 0. The maximum absolute atomic E-state index is 4.27. The predicted molar refractivity (Wildman–Crippen MR) is 69.6 cm³/mol. The summed E-state index contributed by atoms with van der Waals surface area (Å²) in [5, 5.41) is 0. The zero-order valence-electron chi connectivity index (χ0n) is 10.2. The third-order valence-corrected chi connectivity index (χ3v) is 2.38. The summed E-state index contributed by atoms with van der Waals surface area (Å²) in [7, 11) is 0. The highest BCUT2D eigenvalue weighted by Gasteiger charge is 2.22. The first kappa shape index (κ1) is 13.8. The number of hydrogen-bond acceptors (Lipinski definition) is 2. The van der Waals surface area contributed by atoms with E-state index >= 15 is 0 Å². The Morgan fingerprint density at radius 3 is 2.40 bits per heavy atom. The third kappa shape index (κ3) is 5.31. The van der Waals surface area contributed by atoms with Crippen molar-refractivity contribution in [3.05, 3.63) is 25.6 Å². The fourth-order valence-electron chi connectivity index (χ4n) is 1.35. The highest BCUT2D eigenvalue weighted by molar-refractivity contribution is 6.33. The van der Waals surface area contributed by atoms with E-state index in [-0.39, 0.29) is 5.41 Å². The zero-order valence-corrected chi connectivity index (χ0v) is 10.2. The Hall–Kier alpha value is -1.18. The van der Waals surface area contributed by atoms with E-state index in [1.807, 2.05) is 0 Å². The van der Waals surface area contributed by atoms with E-state index in [2.05, 4.69) is 43.9 Å². The Kier molecular flexibility index (Phi) is 6.59. The molecular weight excluding hydrogens is 184 g/mol. The van der Waals surface area contributed by atoms with Gasteiger partial charge in [-0.1, -0.05) is 46.8 Å². The van der Waals surface area contributed by atoms with Crippen LogP contribution < -0.4 is 0 Å². The summed E-state index contributed by atoms with van der Waals surface area (Å²) >= 11 is 0. The molecule has 0 atom stereocenters. The Morgan fingerprint density at radius 1 is 1.27 bits per heavy atom. The molecule has 0 bridgehead atoms. The predicted octanol–water partition coefficient (Wildman–Crippen LogP) is 4.00. The van der Waals surface area contributed by atoms with E-state index in [0.29, 0.717) is 0 Å². The van der Waals surface area contributed by atoms with Crippen molar-refractivity contribution in [2.45, 2.75) is 40.0 Å². The SMILES string of the molecule is C=CN=CC(=NC=C)C(C)(C)CCCC. The second-order valence-corrected chi connectivity index (χ2v) is 4.15. The average molecular weight is 206 g/mol. The highest BCUT2D eigenvalue weighted by Crippen LogP contribution is 2.24. The summed E-state index contributed by atoms with van der Waals surface area (Å²) in [6.45, 7) is 13.7. The van der Waals surface area contributed by atoms with Crippen molar-refractivity contribution in [2.75, 3.05) is 0 Å². The number of rotatable bonds is 7. The van der Waals surface area contributed by atoms with Crippen LogP contribution in [0.4, 0.5) is 0 Å². The van der Waals surface area contributed by atoms with Crippen LogP contribution in [0, 0.1) is 5.41 Å². The molecule has 0 spiro atoms. The summed E-state index contributed by atoms with van der Waals surface area (Å²) in [5.74, 6) is 0. The van der Waals surface area contributed by atoms with Gasteiger partial charge < -0.3 is 0 Å². The Balaban J connectivity index is 4.73. The lowest BCUT2D eigenvalue weighted by atomic mass is 9.82. The van der Waals surface area contributed by atoms with Gasteiger partial charge in [0.05, 0.1) is 5.71 Å². The van der Waals surface area contributed by atoms with Gasteiger partial charge in [-0.3, -0.25) is 9.98 Å². The molecule has 0 aliphatic heterocycles. The molecule has 0 saturated carbocycles. The normalized spacial score (nSPS) is 13.1. The van der Waals surface area contributed by atoms with E-state index < -0.39 is 0 Å². The number of aliphatic imine (C=N–C) groups is 2. The minimum atomic E-state index is 0.0523. The van der Waals surface area contributed by atoms with Crippen molar-refractivity contribution in [1.82, 2.24) is 0 Å². The van der Waals surface area contributed by atoms with Crippen LogP contribution in [0.1, 0.15) is 40.0 Å². The molecule has 0 radical (unpaired) electrons. The van der Waals surface area contributed by atoms with E-state index in [4.69, 9.17) is 0 Å². The summed E-state index contributed by atoms with van der Waals surface area (Å²) in [6.07, 6.45) is 8.37. The minimum Gasteiger partial charge on any atom is -0.263 e. The average Bonchev–Trinajstić information content (AvgIpc) is 2.21. The van der Waals surface area contributed by atoms with Crippen LogP contribution in [0.3, 0.4) is 0 Å². The molecule has 0 aromatic carbocycles. The van der Waals surface area contributed by atoms with Gasteiger partial charge >= 0.3 is 0 Å². The maximum Gasteiger partial charge on any atom is 0.0641 e. The Bertz CT molecular complexity index is 260. The van der Waals surface area contributed by atoms with Gasteiger partial charge in [-0.25, -0.2) is 0 Å². The molecule has 2 nitrogen and oxygen atoms in total. The van der Waals surface area contributed by atoms with Crippen molar-refractivity contribution >= 4 is 11.9 Å². The van der Waals surface area contributed by atoms with Crippen molar-refractivity contribution in [1.29, 1.82) is 0 Å². The molecule has 0 N–H and O–H groups in total. The standard InChI is InChI=1S/C13H22N2/c1-6-9-10-13(4,5)12(15-8-3)11-14-7-2/h7-8,11H,2-3,6,9-10H2,1,4-5H3. The summed E-state index contributed by atoms with van der Waals surface area (Å²) < 4.78 is 0. The van der Waals surface area contributed by atoms with E-state index in [1.54, 1.807) is 12.4 Å². The molecule has 0 amide bonds. The second kappa shape index (κ2) is 7.16. The smallest absolute Gasteiger partial charge is 0.0641 e. The highest BCUT2D eigenvalue weighted by atomic mass is 14.8. The molecule has 0 saturated heterocycles. The van der Waals surface area contributed by atoms with Gasteiger partial charge in [-0.2, -0.15) is 0 Å². The van der Waals surface area contributed by atoms with Gasteiger partial charge in [0.2, 0.25) is 0 Å². The van der Waals surface area contributed by atoms with E-state index in [0.717, 1.165) is 12.1 Å². The third-order valence-electron chi connectivity index (χ3n) is 2.38. The summed E-state index contributed by atoms with van der Waals surface area (Å²) in [5.41, 5.74) is 1.02. The quantitative estimate of drug-likeness (QED) is 0.562. The molecule has 2 heteroatoms. The fourth-order valence-corrected chi connectivity index (χ4v) is 1.35. The molecule has 0 aliphatic rings. The van der Waals surface area contributed by atoms with Gasteiger partial charge in [0.25, 0.3) is 0 Å².